The van der Waals surface area contributed by atoms with E-state index in [1.807, 2.05) is 0 Å². The minimum atomic E-state index is -1.10. The van der Waals surface area contributed by atoms with Gasteiger partial charge in [0, 0.05) is 5.02 Å². The first-order valence-electron chi connectivity index (χ1n) is 5.46. The smallest absolute Gasteiger partial charge is 0.325 e. The molecule has 7 heteroatoms. The molecule has 2 N–H and O–H groups in total. The average molecular weight is 351 g/mol. The number of hydrogen-bond donors (Lipinski definition) is 2. The second kappa shape index (κ2) is 6.77. The molecule has 0 heterocycles. The number of amides is 1. The molecule has 1 unspecified atom stereocenters. The third-order valence-corrected chi connectivity index (χ3v) is 3.15. The maximum absolute atomic E-state index is 11.7. The van der Waals surface area contributed by atoms with Crippen LogP contribution >= 0.6 is 27.5 Å². The highest BCUT2D eigenvalue weighted by atomic mass is 79.9. The van der Waals surface area contributed by atoms with E-state index in [1.54, 1.807) is 18.2 Å². The molecule has 0 aliphatic rings. The summed E-state index contributed by atoms with van der Waals surface area (Å²) >= 11 is 9.05. The van der Waals surface area contributed by atoms with Crippen molar-refractivity contribution < 1.29 is 19.4 Å². The van der Waals surface area contributed by atoms with Crippen LogP contribution in [-0.4, -0.2) is 29.1 Å². The summed E-state index contributed by atoms with van der Waals surface area (Å²) in [5.41, 5.74) is 0. The first-order chi connectivity index (χ1) is 8.81. The van der Waals surface area contributed by atoms with Gasteiger partial charge in [-0.2, -0.15) is 0 Å². The van der Waals surface area contributed by atoms with Crippen LogP contribution in [0, 0.1) is 0 Å². The molecule has 19 heavy (non-hydrogen) atoms. The van der Waals surface area contributed by atoms with Crippen molar-refractivity contribution in [1.82, 2.24) is 5.32 Å². The molecule has 1 amide bonds. The van der Waals surface area contributed by atoms with E-state index in [-0.39, 0.29) is 0 Å². The Morgan fingerprint density at radius 3 is 2.58 bits per heavy atom. The Morgan fingerprint density at radius 1 is 1.42 bits per heavy atom. The van der Waals surface area contributed by atoms with E-state index >= 15 is 0 Å². The summed E-state index contributed by atoms with van der Waals surface area (Å²) in [7, 11) is 0. The lowest BCUT2D eigenvalue weighted by Gasteiger charge is -2.17. The number of ether oxygens (including phenoxy) is 1. The third-order valence-electron chi connectivity index (χ3n) is 2.30. The Kier molecular flexibility index (Phi) is 5.62. The van der Waals surface area contributed by atoms with Gasteiger partial charge in [0.05, 0.1) is 4.47 Å². The van der Waals surface area contributed by atoms with Crippen LogP contribution in [0.5, 0.6) is 5.75 Å². The van der Waals surface area contributed by atoms with Gasteiger partial charge in [0.25, 0.3) is 5.91 Å². The van der Waals surface area contributed by atoms with E-state index in [2.05, 4.69) is 21.2 Å². The minimum Gasteiger partial charge on any atom is -0.480 e. The Balaban J connectivity index is 2.66. The molecule has 0 radical (unpaired) electrons. The molecule has 0 fully saturated rings. The van der Waals surface area contributed by atoms with Crippen molar-refractivity contribution >= 4 is 39.4 Å². The molecular formula is C12H13BrClNO4. The highest BCUT2D eigenvalue weighted by Crippen LogP contribution is 2.28. The lowest BCUT2D eigenvalue weighted by Crippen LogP contribution is -2.44. The van der Waals surface area contributed by atoms with E-state index in [4.69, 9.17) is 21.4 Å². The number of benzene rings is 1. The fraction of sp³-hybridized carbons (Fsp3) is 0.333. The fourth-order valence-corrected chi connectivity index (χ4v) is 1.98. The normalized spacial score (nSPS) is 13.5. The highest BCUT2D eigenvalue weighted by molar-refractivity contribution is 9.10. The summed E-state index contributed by atoms with van der Waals surface area (Å²) in [4.78, 5) is 22.3. The second-order valence-corrected chi connectivity index (χ2v) is 5.19. The number of halogens is 2. The monoisotopic (exact) mass is 349 g/mol. The maximum atomic E-state index is 11.7. The lowest BCUT2D eigenvalue weighted by atomic mass is 10.3. The molecule has 0 spiro atoms. The lowest BCUT2D eigenvalue weighted by molar-refractivity contribution is -0.142. The van der Waals surface area contributed by atoms with Gasteiger partial charge in [-0.25, -0.2) is 0 Å². The number of carboxylic acid groups (broad SMARTS) is 1. The molecule has 1 aromatic rings. The Hall–Kier alpha value is -1.27. The van der Waals surface area contributed by atoms with Crippen LogP contribution in [0.4, 0.5) is 0 Å². The summed E-state index contributed by atoms with van der Waals surface area (Å²) in [5, 5.41) is 11.6. The van der Waals surface area contributed by atoms with Crippen molar-refractivity contribution in [2.75, 3.05) is 0 Å². The number of carbonyl (C=O) groups is 2. The molecule has 0 aliphatic carbocycles. The predicted molar refractivity (Wildman–Crippen MR) is 74.5 cm³/mol. The van der Waals surface area contributed by atoms with Gasteiger partial charge < -0.3 is 15.2 Å². The zero-order valence-electron chi connectivity index (χ0n) is 10.3. The van der Waals surface area contributed by atoms with Gasteiger partial charge >= 0.3 is 5.97 Å². The van der Waals surface area contributed by atoms with Crippen LogP contribution in [0.3, 0.4) is 0 Å². The maximum Gasteiger partial charge on any atom is 0.325 e. The van der Waals surface area contributed by atoms with Crippen LogP contribution in [0.2, 0.25) is 5.02 Å². The highest BCUT2D eigenvalue weighted by Gasteiger charge is 2.20. The molecule has 104 valence electrons. The van der Waals surface area contributed by atoms with E-state index in [0.717, 1.165) is 0 Å². The molecule has 1 rings (SSSR count). The largest absolute Gasteiger partial charge is 0.480 e. The average Bonchev–Trinajstić information content (AvgIpc) is 2.32. The van der Waals surface area contributed by atoms with Crippen LogP contribution in [0.15, 0.2) is 22.7 Å². The summed E-state index contributed by atoms with van der Waals surface area (Å²) in [6, 6.07) is 3.93. The van der Waals surface area contributed by atoms with E-state index in [0.29, 0.717) is 15.2 Å². The zero-order valence-corrected chi connectivity index (χ0v) is 12.7. The molecule has 0 saturated heterocycles. The van der Waals surface area contributed by atoms with Crippen LogP contribution in [-0.2, 0) is 9.59 Å². The molecule has 0 bridgehead atoms. The molecule has 0 aliphatic heterocycles. The van der Waals surface area contributed by atoms with Gasteiger partial charge in [-0.3, -0.25) is 9.59 Å². The first kappa shape index (κ1) is 15.8. The Bertz CT molecular complexity index is 495. The van der Waals surface area contributed by atoms with Crippen LogP contribution < -0.4 is 10.1 Å². The fourth-order valence-electron chi connectivity index (χ4n) is 1.21. The van der Waals surface area contributed by atoms with E-state index in [1.165, 1.54) is 13.8 Å². The van der Waals surface area contributed by atoms with Gasteiger partial charge in [-0.1, -0.05) is 11.6 Å². The van der Waals surface area contributed by atoms with Gasteiger partial charge in [0.15, 0.2) is 6.10 Å². The van der Waals surface area contributed by atoms with Gasteiger partial charge in [0.2, 0.25) is 0 Å². The minimum absolute atomic E-state index is 0.454. The van der Waals surface area contributed by atoms with E-state index in [9.17, 15) is 9.59 Å². The van der Waals surface area contributed by atoms with Crippen molar-refractivity contribution in [1.29, 1.82) is 0 Å². The Morgan fingerprint density at radius 2 is 2.05 bits per heavy atom. The van der Waals surface area contributed by atoms with Crippen molar-refractivity contribution in [2.24, 2.45) is 0 Å². The SMILES string of the molecule is CC(Oc1ccc(Cl)cc1Br)C(=O)N[C@@H](C)C(=O)O. The number of nitrogens with one attached hydrogen (secondary N) is 1. The number of carbonyl (C=O) groups excluding carboxylic acids is 1. The number of aliphatic carboxylic acids is 1. The van der Waals surface area contributed by atoms with Crippen molar-refractivity contribution in [3.05, 3.63) is 27.7 Å². The van der Waals surface area contributed by atoms with Crippen LogP contribution in [0.25, 0.3) is 0 Å². The van der Waals surface area contributed by atoms with Crippen molar-refractivity contribution in [3.63, 3.8) is 0 Å². The van der Waals surface area contributed by atoms with Gasteiger partial charge in [-0.15, -0.1) is 0 Å². The molecule has 0 aromatic heterocycles. The van der Waals surface area contributed by atoms with Gasteiger partial charge in [0.1, 0.15) is 11.8 Å². The summed E-state index contributed by atoms with van der Waals surface area (Å²) in [5.74, 6) is -1.15. The van der Waals surface area contributed by atoms with Crippen LogP contribution in [0.1, 0.15) is 13.8 Å². The third kappa shape index (κ3) is 4.72. The quantitative estimate of drug-likeness (QED) is 0.855. The summed E-state index contributed by atoms with van der Waals surface area (Å²) in [6.07, 6.45) is -0.820. The molecule has 5 nitrogen and oxygen atoms in total. The molecule has 1 aromatic carbocycles. The predicted octanol–water partition coefficient (Wildman–Crippen LogP) is 2.46. The first-order valence-corrected chi connectivity index (χ1v) is 6.63. The Labute approximate surface area is 124 Å². The standard InChI is InChI=1S/C12H13BrClNO4/c1-6(12(17)18)15-11(16)7(2)19-10-4-3-8(14)5-9(10)13/h3-7H,1-2H3,(H,15,16)(H,17,18)/t6-,7?/m0/s1. The number of rotatable bonds is 5. The van der Waals surface area contributed by atoms with Crippen molar-refractivity contribution in [2.45, 2.75) is 26.0 Å². The van der Waals surface area contributed by atoms with Gasteiger partial charge in [-0.05, 0) is 48.0 Å². The van der Waals surface area contributed by atoms with E-state index < -0.39 is 24.0 Å². The molecule has 2 atom stereocenters. The zero-order chi connectivity index (χ0) is 14.6. The summed E-state index contributed by atoms with van der Waals surface area (Å²) < 4.78 is 6.05. The van der Waals surface area contributed by atoms with Crippen molar-refractivity contribution in [3.8, 4) is 5.75 Å². The number of carboxylic acids is 1. The topological polar surface area (TPSA) is 75.6 Å². The second-order valence-electron chi connectivity index (χ2n) is 3.90. The summed E-state index contributed by atoms with van der Waals surface area (Å²) in [6.45, 7) is 2.91. The number of hydrogen-bond acceptors (Lipinski definition) is 3. The molecule has 0 saturated carbocycles. The molecular weight excluding hydrogens is 337 g/mol.